The van der Waals surface area contributed by atoms with Crippen molar-refractivity contribution in [2.75, 3.05) is 10.8 Å². The minimum atomic E-state index is -4.14. The second-order valence-corrected chi connectivity index (χ2v) is 13.3. The normalized spacial score (nSPS) is 12.5. The van der Waals surface area contributed by atoms with Crippen molar-refractivity contribution in [3.05, 3.63) is 94.0 Å². The van der Waals surface area contributed by atoms with Crippen LogP contribution in [0.15, 0.2) is 71.6 Å². The molecule has 0 bridgehead atoms. The van der Waals surface area contributed by atoms with Gasteiger partial charge < -0.3 is 10.2 Å². The van der Waals surface area contributed by atoms with E-state index >= 15 is 0 Å². The molecule has 3 aromatic carbocycles. The zero-order valence-corrected chi connectivity index (χ0v) is 25.7. The highest BCUT2D eigenvalue weighted by molar-refractivity contribution is 7.92. The molecule has 1 atom stereocenters. The molecular weight excluding hydrogens is 546 g/mol. The number of rotatable bonds is 9. The largest absolute Gasteiger partial charge is 0.350 e. The quantitative estimate of drug-likeness (QED) is 0.345. The third-order valence-corrected chi connectivity index (χ3v) is 8.84. The van der Waals surface area contributed by atoms with E-state index in [1.807, 2.05) is 47.6 Å². The van der Waals surface area contributed by atoms with Crippen LogP contribution in [-0.4, -0.2) is 43.3 Å². The summed E-state index contributed by atoms with van der Waals surface area (Å²) in [4.78, 5) is 28.7. The SMILES string of the molecule is Cc1ccc(S(=O)(=O)N(CC(=O)N(Cc2ccccc2Cl)C(C)C(=O)NC(C)(C)C)c2cccc(C)c2C)cc1. The Bertz CT molecular complexity index is 1480. The van der Waals surface area contributed by atoms with Crippen molar-refractivity contribution in [1.29, 1.82) is 0 Å². The van der Waals surface area contributed by atoms with Gasteiger partial charge in [-0.3, -0.25) is 13.9 Å². The summed E-state index contributed by atoms with van der Waals surface area (Å²) in [6, 6.07) is 18.0. The van der Waals surface area contributed by atoms with Gasteiger partial charge in [-0.2, -0.15) is 0 Å². The molecule has 1 unspecified atom stereocenters. The third-order valence-electron chi connectivity index (χ3n) is 6.70. The van der Waals surface area contributed by atoms with Crippen LogP contribution in [-0.2, 0) is 26.2 Å². The summed E-state index contributed by atoms with van der Waals surface area (Å²) in [5, 5.41) is 3.37. The first-order chi connectivity index (χ1) is 18.6. The molecule has 0 fully saturated rings. The number of benzene rings is 3. The summed E-state index contributed by atoms with van der Waals surface area (Å²) in [7, 11) is -4.14. The lowest BCUT2D eigenvalue weighted by Gasteiger charge is -2.34. The highest BCUT2D eigenvalue weighted by atomic mass is 35.5. The molecule has 0 radical (unpaired) electrons. The van der Waals surface area contributed by atoms with Crippen molar-refractivity contribution >= 4 is 39.1 Å². The van der Waals surface area contributed by atoms with Gasteiger partial charge >= 0.3 is 0 Å². The maximum Gasteiger partial charge on any atom is 0.264 e. The monoisotopic (exact) mass is 583 g/mol. The highest BCUT2D eigenvalue weighted by Crippen LogP contribution is 2.29. The lowest BCUT2D eigenvalue weighted by molar-refractivity contribution is -0.140. The molecule has 0 saturated carbocycles. The maximum atomic E-state index is 14.1. The molecule has 3 aromatic rings. The van der Waals surface area contributed by atoms with Gasteiger partial charge in [-0.1, -0.05) is 59.6 Å². The Morgan fingerprint density at radius 2 is 1.55 bits per heavy atom. The molecule has 0 saturated heterocycles. The van der Waals surface area contributed by atoms with Crippen molar-refractivity contribution in [2.24, 2.45) is 0 Å². The molecule has 1 N–H and O–H groups in total. The van der Waals surface area contributed by atoms with Crippen molar-refractivity contribution in [2.45, 2.75) is 71.5 Å². The first-order valence-corrected chi connectivity index (χ1v) is 14.9. The smallest absolute Gasteiger partial charge is 0.264 e. The number of hydrogen-bond acceptors (Lipinski definition) is 4. The maximum absolute atomic E-state index is 14.1. The number of hydrogen-bond donors (Lipinski definition) is 1. The number of nitrogens with zero attached hydrogens (tertiary/aromatic N) is 2. The Kier molecular flexibility index (Phi) is 9.69. The summed E-state index contributed by atoms with van der Waals surface area (Å²) < 4.78 is 29.2. The summed E-state index contributed by atoms with van der Waals surface area (Å²) in [6.45, 7) is 12.3. The molecule has 3 rings (SSSR count). The van der Waals surface area contributed by atoms with Crippen LogP contribution in [0.1, 0.15) is 49.9 Å². The average molecular weight is 584 g/mol. The average Bonchev–Trinajstić information content (AvgIpc) is 2.87. The van der Waals surface area contributed by atoms with Gasteiger partial charge in [0.05, 0.1) is 10.6 Å². The van der Waals surface area contributed by atoms with Gasteiger partial charge in [0.1, 0.15) is 12.6 Å². The number of anilines is 1. The van der Waals surface area contributed by atoms with Crippen LogP contribution in [0, 0.1) is 20.8 Å². The second-order valence-electron chi connectivity index (χ2n) is 11.1. The molecular formula is C31H38ClN3O4S. The van der Waals surface area contributed by atoms with E-state index in [9.17, 15) is 18.0 Å². The Hall–Kier alpha value is -3.36. The van der Waals surface area contributed by atoms with Crippen molar-refractivity contribution in [1.82, 2.24) is 10.2 Å². The van der Waals surface area contributed by atoms with Crippen LogP contribution in [0.5, 0.6) is 0 Å². The van der Waals surface area contributed by atoms with Gasteiger partial charge in [0.25, 0.3) is 10.0 Å². The summed E-state index contributed by atoms with van der Waals surface area (Å²) >= 11 is 6.42. The fourth-order valence-corrected chi connectivity index (χ4v) is 5.89. The Morgan fingerprint density at radius 1 is 0.925 bits per heavy atom. The number of nitrogens with one attached hydrogen (secondary N) is 1. The molecule has 0 aliphatic rings. The summed E-state index contributed by atoms with van der Waals surface area (Å²) in [5.41, 5.74) is 3.07. The minimum Gasteiger partial charge on any atom is -0.350 e. The van der Waals surface area contributed by atoms with E-state index in [-0.39, 0.29) is 17.3 Å². The van der Waals surface area contributed by atoms with Crippen LogP contribution in [0.2, 0.25) is 5.02 Å². The summed E-state index contributed by atoms with van der Waals surface area (Å²) in [5.74, 6) is -0.888. The molecule has 0 aliphatic heterocycles. The van der Waals surface area contributed by atoms with Crippen LogP contribution in [0.4, 0.5) is 5.69 Å². The lowest BCUT2D eigenvalue weighted by Crippen LogP contribution is -2.54. The molecule has 0 heterocycles. The summed E-state index contributed by atoms with van der Waals surface area (Å²) in [6.07, 6.45) is 0. The molecule has 7 nitrogen and oxygen atoms in total. The number of amides is 2. The van der Waals surface area contributed by atoms with E-state index in [0.29, 0.717) is 16.3 Å². The van der Waals surface area contributed by atoms with E-state index in [2.05, 4.69) is 5.32 Å². The van der Waals surface area contributed by atoms with Crippen LogP contribution in [0.25, 0.3) is 0 Å². The molecule has 9 heteroatoms. The standard InChI is InChI=1S/C31H38ClN3O4S/c1-21-15-17-26(18-16-21)40(38,39)35(28-14-10-11-22(2)23(28)3)20-29(36)34(19-25-12-8-9-13-27(25)32)24(4)30(37)33-31(5,6)7/h8-18,24H,19-20H2,1-7H3,(H,33,37). The van der Waals surface area contributed by atoms with E-state index in [4.69, 9.17) is 11.6 Å². The molecule has 214 valence electrons. The van der Waals surface area contributed by atoms with Crippen molar-refractivity contribution in [3.8, 4) is 0 Å². The fraction of sp³-hybridized carbons (Fsp3) is 0.355. The van der Waals surface area contributed by atoms with E-state index in [0.717, 1.165) is 21.0 Å². The zero-order valence-electron chi connectivity index (χ0n) is 24.2. The molecule has 40 heavy (non-hydrogen) atoms. The number of carbonyl (C=O) groups is 2. The number of carbonyl (C=O) groups excluding carboxylic acids is 2. The molecule has 0 aliphatic carbocycles. The Labute approximate surface area is 243 Å². The molecule has 2 amide bonds. The highest BCUT2D eigenvalue weighted by Gasteiger charge is 2.34. The first-order valence-electron chi connectivity index (χ1n) is 13.1. The fourth-order valence-electron chi connectivity index (χ4n) is 4.22. The van der Waals surface area contributed by atoms with Gasteiger partial charge in [-0.05, 0) is 89.4 Å². The molecule has 0 aromatic heterocycles. The topological polar surface area (TPSA) is 86.8 Å². The predicted molar refractivity (Wildman–Crippen MR) is 161 cm³/mol. The van der Waals surface area contributed by atoms with Gasteiger partial charge in [-0.15, -0.1) is 0 Å². The number of sulfonamides is 1. The van der Waals surface area contributed by atoms with Crippen molar-refractivity contribution in [3.63, 3.8) is 0 Å². The van der Waals surface area contributed by atoms with Crippen LogP contribution < -0.4 is 9.62 Å². The third kappa shape index (κ3) is 7.43. The number of halogens is 1. The van der Waals surface area contributed by atoms with E-state index in [1.54, 1.807) is 55.5 Å². The Balaban J connectivity index is 2.09. The van der Waals surface area contributed by atoms with Crippen LogP contribution in [0.3, 0.4) is 0 Å². The minimum absolute atomic E-state index is 0.0302. The molecule has 0 spiro atoms. The van der Waals surface area contributed by atoms with Gasteiger partial charge in [-0.25, -0.2) is 8.42 Å². The van der Waals surface area contributed by atoms with E-state index in [1.165, 1.54) is 17.0 Å². The number of aryl methyl sites for hydroxylation is 2. The van der Waals surface area contributed by atoms with Crippen LogP contribution >= 0.6 is 11.6 Å². The Morgan fingerprint density at radius 3 is 2.15 bits per heavy atom. The van der Waals surface area contributed by atoms with Gasteiger partial charge in [0.15, 0.2) is 0 Å². The van der Waals surface area contributed by atoms with Crippen molar-refractivity contribution < 1.29 is 18.0 Å². The second kappa shape index (κ2) is 12.4. The van der Waals surface area contributed by atoms with E-state index < -0.39 is 34.1 Å². The van der Waals surface area contributed by atoms with Gasteiger partial charge in [0, 0.05) is 17.1 Å². The predicted octanol–water partition coefficient (Wildman–Crippen LogP) is 5.79. The first kappa shape index (κ1) is 31.2. The zero-order chi connectivity index (χ0) is 29.8. The van der Waals surface area contributed by atoms with Gasteiger partial charge in [0.2, 0.25) is 11.8 Å². The lowest BCUT2D eigenvalue weighted by atomic mass is 10.1.